The SMILES string of the molecule is CCOC(=O)c1cc[c]o1.[Br-].[Zn]. The van der Waals surface area contributed by atoms with Crippen LogP contribution in [0.15, 0.2) is 16.5 Å². The Morgan fingerprint density at radius 2 is 2.42 bits per heavy atom. The molecule has 0 aromatic carbocycles. The predicted molar refractivity (Wildman–Crippen MR) is 33.5 cm³/mol. The molecule has 0 aliphatic carbocycles. The molecule has 12 heavy (non-hydrogen) atoms. The third kappa shape index (κ3) is 4.02. The second kappa shape index (κ2) is 7.50. The fraction of sp³-hybridized carbons (Fsp3) is 0.286. The van der Waals surface area contributed by atoms with Gasteiger partial charge in [0, 0.05) is 19.5 Å². The van der Waals surface area contributed by atoms with Crippen molar-refractivity contribution in [1.82, 2.24) is 0 Å². The topological polar surface area (TPSA) is 39.4 Å². The fourth-order valence-electron chi connectivity index (χ4n) is 0.553. The van der Waals surface area contributed by atoms with E-state index in [4.69, 9.17) is 0 Å². The van der Waals surface area contributed by atoms with Crippen molar-refractivity contribution in [2.75, 3.05) is 6.61 Å². The molecule has 1 radical (unpaired) electrons. The van der Waals surface area contributed by atoms with Crippen LogP contribution in [-0.4, -0.2) is 12.6 Å². The summed E-state index contributed by atoms with van der Waals surface area (Å²) in [5.41, 5.74) is 0. The summed E-state index contributed by atoms with van der Waals surface area (Å²) in [7, 11) is 0. The van der Waals surface area contributed by atoms with Gasteiger partial charge in [-0.1, -0.05) is 0 Å². The Kier molecular flexibility index (Phi) is 8.99. The van der Waals surface area contributed by atoms with E-state index in [-0.39, 0.29) is 42.2 Å². The van der Waals surface area contributed by atoms with E-state index in [9.17, 15) is 4.79 Å². The Morgan fingerprint density at radius 1 is 1.75 bits per heavy atom. The van der Waals surface area contributed by atoms with Crippen LogP contribution < -0.4 is 17.0 Å². The van der Waals surface area contributed by atoms with Crippen molar-refractivity contribution in [3.05, 3.63) is 24.2 Å². The van der Waals surface area contributed by atoms with E-state index < -0.39 is 5.97 Å². The van der Waals surface area contributed by atoms with Crippen LogP contribution in [0.1, 0.15) is 17.5 Å². The van der Waals surface area contributed by atoms with Gasteiger partial charge in [0.05, 0.1) is 6.61 Å². The molecule has 1 aromatic rings. The van der Waals surface area contributed by atoms with Crippen LogP contribution in [0, 0.1) is 6.26 Å². The van der Waals surface area contributed by atoms with Gasteiger partial charge in [-0.25, -0.2) is 4.79 Å². The maximum Gasteiger partial charge on any atom is 0.374 e. The molecule has 0 unspecified atom stereocenters. The fourth-order valence-corrected chi connectivity index (χ4v) is 0.553. The third-order valence-electron chi connectivity index (χ3n) is 0.948. The zero-order valence-electron chi connectivity index (χ0n) is 6.67. The quantitative estimate of drug-likeness (QED) is 0.478. The Balaban J connectivity index is 0. The second-order valence-corrected chi connectivity index (χ2v) is 1.64. The summed E-state index contributed by atoms with van der Waals surface area (Å²) in [4.78, 5) is 10.8. The van der Waals surface area contributed by atoms with Gasteiger partial charge in [0.15, 0.2) is 6.26 Å². The van der Waals surface area contributed by atoms with Crippen molar-refractivity contribution in [1.29, 1.82) is 0 Å². The van der Waals surface area contributed by atoms with Gasteiger partial charge in [-0.3, -0.25) is 0 Å². The third-order valence-corrected chi connectivity index (χ3v) is 0.948. The molecule has 0 spiro atoms. The number of hydrogen-bond acceptors (Lipinski definition) is 3. The van der Waals surface area contributed by atoms with Crippen LogP contribution in [-0.2, 0) is 24.2 Å². The van der Waals surface area contributed by atoms with Crippen molar-refractivity contribution >= 4 is 5.97 Å². The summed E-state index contributed by atoms with van der Waals surface area (Å²) in [6.45, 7) is 2.10. The van der Waals surface area contributed by atoms with Crippen molar-refractivity contribution in [2.45, 2.75) is 6.92 Å². The molecule has 0 N–H and O–H groups in total. The minimum atomic E-state index is -0.441. The molecule has 0 aliphatic rings. The number of carbonyl (C=O) groups is 1. The maximum atomic E-state index is 10.8. The van der Waals surface area contributed by atoms with Crippen LogP contribution in [0.5, 0.6) is 0 Å². The molecule has 0 saturated heterocycles. The van der Waals surface area contributed by atoms with E-state index in [2.05, 4.69) is 15.4 Å². The van der Waals surface area contributed by atoms with E-state index in [1.807, 2.05) is 0 Å². The van der Waals surface area contributed by atoms with Gasteiger partial charge in [0.2, 0.25) is 5.76 Å². The van der Waals surface area contributed by atoms with Crippen LogP contribution in [0.4, 0.5) is 0 Å². The van der Waals surface area contributed by atoms with Gasteiger partial charge in [-0.15, -0.1) is 0 Å². The summed E-state index contributed by atoms with van der Waals surface area (Å²) in [5, 5.41) is 0. The number of carbonyl (C=O) groups excluding carboxylic acids is 1. The second-order valence-electron chi connectivity index (χ2n) is 1.64. The summed E-state index contributed by atoms with van der Waals surface area (Å²) < 4.78 is 9.28. The first kappa shape index (κ1) is 14.4. The number of rotatable bonds is 2. The zero-order valence-corrected chi connectivity index (χ0v) is 11.2. The standard InChI is InChI=1S/C7H7O3.BrH.Zn/c1-2-9-7(8)6-4-3-5-10-6;;/h3-4H,2H2,1H3;1H;/p-1. The smallest absolute Gasteiger partial charge is 0.374 e. The van der Waals surface area contributed by atoms with Crippen LogP contribution in [0.2, 0.25) is 0 Å². The molecular formula is C7H7BrO3Zn-. The molecule has 1 aromatic heterocycles. The molecule has 0 atom stereocenters. The number of hydrogen-bond donors (Lipinski definition) is 0. The van der Waals surface area contributed by atoms with E-state index in [1.54, 1.807) is 6.92 Å². The first-order valence-corrected chi connectivity index (χ1v) is 2.97. The molecule has 63 valence electrons. The van der Waals surface area contributed by atoms with Gasteiger partial charge in [-0.05, 0) is 19.1 Å². The van der Waals surface area contributed by atoms with E-state index in [0.29, 0.717) is 6.61 Å². The summed E-state index contributed by atoms with van der Waals surface area (Å²) >= 11 is 0. The number of furan rings is 1. The normalized spacial score (nSPS) is 7.75. The number of halogens is 1. The van der Waals surface area contributed by atoms with Gasteiger partial charge in [0.1, 0.15) is 0 Å². The first-order valence-electron chi connectivity index (χ1n) is 2.97. The largest absolute Gasteiger partial charge is 1.00 e. The Bertz CT molecular complexity index is 210. The van der Waals surface area contributed by atoms with Crippen molar-refractivity contribution < 1.29 is 50.4 Å². The van der Waals surface area contributed by atoms with Crippen molar-refractivity contribution in [2.24, 2.45) is 0 Å². The molecule has 0 aliphatic heterocycles. The minimum absolute atomic E-state index is 0. The Hall–Kier alpha value is -0.147. The average Bonchev–Trinajstić information content (AvgIpc) is 2.38. The van der Waals surface area contributed by atoms with Gasteiger partial charge < -0.3 is 26.1 Å². The number of ether oxygens (including phenoxy) is 1. The summed E-state index contributed by atoms with van der Waals surface area (Å²) in [6, 6.07) is 3.03. The zero-order chi connectivity index (χ0) is 7.40. The van der Waals surface area contributed by atoms with Gasteiger partial charge in [0.25, 0.3) is 0 Å². The molecule has 1 rings (SSSR count). The first-order chi connectivity index (χ1) is 4.84. The Labute approximate surface area is 94.0 Å². The number of esters is 1. The molecular weight excluding hydrogens is 277 g/mol. The molecule has 5 heteroatoms. The summed E-state index contributed by atoms with van der Waals surface area (Å²) in [5.74, 6) is -0.245. The van der Waals surface area contributed by atoms with Gasteiger partial charge in [-0.2, -0.15) is 0 Å². The van der Waals surface area contributed by atoms with Crippen LogP contribution in [0.25, 0.3) is 0 Å². The molecule has 0 bridgehead atoms. The molecule has 0 fully saturated rings. The van der Waals surface area contributed by atoms with E-state index >= 15 is 0 Å². The van der Waals surface area contributed by atoms with Crippen molar-refractivity contribution in [3.63, 3.8) is 0 Å². The average molecular weight is 284 g/mol. The van der Waals surface area contributed by atoms with E-state index in [0.717, 1.165) is 0 Å². The monoisotopic (exact) mass is 282 g/mol. The van der Waals surface area contributed by atoms with Crippen molar-refractivity contribution in [3.8, 4) is 0 Å². The Morgan fingerprint density at radius 3 is 2.83 bits per heavy atom. The van der Waals surface area contributed by atoms with Gasteiger partial charge >= 0.3 is 5.97 Å². The molecule has 1 heterocycles. The predicted octanol–water partition coefficient (Wildman–Crippen LogP) is -1.74. The maximum absolute atomic E-state index is 10.8. The van der Waals surface area contributed by atoms with Crippen LogP contribution >= 0.6 is 0 Å². The molecule has 3 nitrogen and oxygen atoms in total. The van der Waals surface area contributed by atoms with Crippen LogP contribution in [0.3, 0.4) is 0 Å². The molecule has 0 amide bonds. The molecule has 0 saturated carbocycles. The minimum Gasteiger partial charge on any atom is -1.00 e. The summed E-state index contributed by atoms with van der Waals surface area (Å²) in [6.07, 6.45) is 2.39. The van der Waals surface area contributed by atoms with E-state index in [1.165, 1.54) is 12.1 Å².